The Bertz CT molecular complexity index is 295. The number of hydrogen-bond donors (Lipinski definition) is 2. The summed E-state index contributed by atoms with van der Waals surface area (Å²) in [6, 6.07) is 5.87. The maximum absolute atomic E-state index is 12.7. The van der Waals surface area contributed by atoms with Gasteiger partial charge in [-0.05, 0) is 17.7 Å². The van der Waals surface area contributed by atoms with Gasteiger partial charge in [-0.15, -0.1) is 0 Å². The summed E-state index contributed by atoms with van der Waals surface area (Å²) < 4.78 is 12.7. The first-order valence-electron chi connectivity index (χ1n) is 4.61. The smallest absolute Gasteiger partial charge is 0.123 e. The van der Waals surface area contributed by atoms with Crippen LogP contribution in [0.5, 0.6) is 0 Å². The monoisotopic (exact) mass is 197 g/mol. The van der Waals surface area contributed by atoms with Crippen molar-refractivity contribution in [2.75, 3.05) is 6.61 Å². The Morgan fingerprint density at radius 2 is 1.86 bits per heavy atom. The first-order chi connectivity index (χ1) is 6.48. The van der Waals surface area contributed by atoms with Crippen LogP contribution in [0.15, 0.2) is 24.3 Å². The van der Waals surface area contributed by atoms with E-state index in [4.69, 9.17) is 10.8 Å². The van der Waals surface area contributed by atoms with E-state index < -0.39 is 0 Å². The minimum absolute atomic E-state index is 0.0790. The van der Waals surface area contributed by atoms with Crippen LogP contribution in [0, 0.1) is 5.82 Å². The van der Waals surface area contributed by atoms with Gasteiger partial charge in [-0.2, -0.15) is 0 Å². The molecule has 3 heteroatoms. The molecule has 0 amide bonds. The van der Waals surface area contributed by atoms with Crippen molar-refractivity contribution in [3.8, 4) is 0 Å². The van der Waals surface area contributed by atoms with Crippen LogP contribution in [0.1, 0.15) is 19.4 Å². The van der Waals surface area contributed by atoms with E-state index in [1.807, 2.05) is 13.8 Å². The molecule has 0 heterocycles. The predicted octanol–water partition coefficient (Wildman–Crippen LogP) is 1.42. The van der Waals surface area contributed by atoms with Crippen molar-refractivity contribution in [3.63, 3.8) is 0 Å². The fourth-order valence-electron chi connectivity index (χ4n) is 1.32. The molecule has 1 unspecified atom stereocenters. The molecule has 2 nitrogen and oxygen atoms in total. The number of aliphatic hydroxyl groups is 1. The fourth-order valence-corrected chi connectivity index (χ4v) is 1.32. The van der Waals surface area contributed by atoms with Crippen molar-refractivity contribution < 1.29 is 9.50 Å². The molecule has 0 saturated carbocycles. The predicted molar refractivity (Wildman–Crippen MR) is 54.5 cm³/mol. The Morgan fingerprint density at radius 1 is 1.36 bits per heavy atom. The van der Waals surface area contributed by atoms with E-state index in [2.05, 4.69) is 0 Å². The van der Waals surface area contributed by atoms with Crippen LogP contribution < -0.4 is 5.73 Å². The van der Waals surface area contributed by atoms with E-state index in [0.29, 0.717) is 0 Å². The molecule has 1 rings (SSSR count). The van der Waals surface area contributed by atoms with Gasteiger partial charge < -0.3 is 10.8 Å². The van der Waals surface area contributed by atoms with E-state index in [9.17, 15) is 4.39 Å². The zero-order chi connectivity index (χ0) is 10.8. The highest BCUT2D eigenvalue weighted by Gasteiger charge is 2.27. The van der Waals surface area contributed by atoms with Crippen molar-refractivity contribution >= 4 is 0 Å². The number of nitrogens with two attached hydrogens (primary N) is 1. The largest absolute Gasteiger partial charge is 0.395 e. The van der Waals surface area contributed by atoms with Gasteiger partial charge in [0.15, 0.2) is 0 Å². The average Bonchev–Trinajstić information content (AvgIpc) is 2.17. The van der Waals surface area contributed by atoms with Crippen LogP contribution in [0.25, 0.3) is 0 Å². The van der Waals surface area contributed by atoms with Gasteiger partial charge in [-0.3, -0.25) is 0 Å². The molecule has 0 aliphatic rings. The quantitative estimate of drug-likeness (QED) is 0.769. The highest BCUT2D eigenvalue weighted by atomic mass is 19.1. The molecule has 78 valence electrons. The zero-order valence-corrected chi connectivity index (χ0v) is 8.50. The van der Waals surface area contributed by atoms with E-state index in [0.717, 1.165) is 5.56 Å². The molecule has 0 radical (unpaired) electrons. The van der Waals surface area contributed by atoms with Crippen LogP contribution in [-0.4, -0.2) is 17.8 Å². The molecule has 0 aliphatic heterocycles. The Morgan fingerprint density at radius 3 is 2.29 bits per heavy atom. The average molecular weight is 197 g/mol. The van der Waals surface area contributed by atoms with E-state index >= 15 is 0 Å². The number of halogens is 1. The molecule has 1 atom stereocenters. The second-order valence-corrected chi connectivity index (χ2v) is 4.02. The summed E-state index contributed by atoms with van der Waals surface area (Å²) in [5, 5.41) is 8.99. The third-order valence-electron chi connectivity index (χ3n) is 2.71. The summed E-state index contributed by atoms with van der Waals surface area (Å²) in [5.41, 5.74) is 6.36. The summed E-state index contributed by atoms with van der Waals surface area (Å²) in [6.45, 7) is 3.78. The van der Waals surface area contributed by atoms with Crippen LogP contribution in [0.2, 0.25) is 0 Å². The Kier molecular flexibility index (Phi) is 3.24. The van der Waals surface area contributed by atoms with Crippen LogP contribution >= 0.6 is 0 Å². The van der Waals surface area contributed by atoms with Crippen molar-refractivity contribution in [2.24, 2.45) is 5.73 Å². The van der Waals surface area contributed by atoms with E-state index in [1.54, 1.807) is 12.1 Å². The normalized spacial score (nSPS) is 14.1. The molecule has 3 N–H and O–H groups in total. The Balaban J connectivity index is 2.97. The summed E-state index contributed by atoms with van der Waals surface area (Å²) in [7, 11) is 0. The van der Waals surface area contributed by atoms with Gasteiger partial charge >= 0.3 is 0 Å². The van der Waals surface area contributed by atoms with Gasteiger partial charge in [-0.1, -0.05) is 26.0 Å². The molecular weight excluding hydrogens is 181 g/mol. The Hall–Kier alpha value is -0.930. The van der Waals surface area contributed by atoms with E-state index in [-0.39, 0.29) is 23.9 Å². The highest BCUT2D eigenvalue weighted by molar-refractivity contribution is 5.26. The molecule has 0 fully saturated rings. The molecule has 1 aromatic rings. The lowest BCUT2D eigenvalue weighted by molar-refractivity contribution is 0.220. The SMILES string of the molecule is CC(C)(c1ccc(F)cc1)C(N)CO. The van der Waals surface area contributed by atoms with Gasteiger partial charge in [0.25, 0.3) is 0 Å². The number of rotatable bonds is 3. The third kappa shape index (κ3) is 2.11. The molecule has 14 heavy (non-hydrogen) atoms. The molecule has 0 saturated heterocycles. The fraction of sp³-hybridized carbons (Fsp3) is 0.455. The van der Waals surface area contributed by atoms with Gasteiger partial charge in [0.1, 0.15) is 5.82 Å². The zero-order valence-electron chi connectivity index (χ0n) is 8.50. The summed E-state index contributed by atoms with van der Waals surface area (Å²) in [5.74, 6) is -0.262. The number of benzene rings is 1. The Labute approximate surface area is 83.6 Å². The van der Waals surface area contributed by atoms with Crippen molar-refractivity contribution in [3.05, 3.63) is 35.6 Å². The second-order valence-electron chi connectivity index (χ2n) is 4.02. The van der Waals surface area contributed by atoms with Gasteiger partial charge in [0.05, 0.1) is 6.61 Å². The maximum Gasteiger partial charge on any atom is 0.123 e. The first-order valence-corrected chi connectivity index (χ1v) is 4.61. The molecule has 0 spiro atoms. The molecule has 1 aromatic carbocycles. The third-order valence-corrected chi connectivity index (χ3v) is 2.71. The number of hydrogen-bond acceptors (Lipinski definition) is 2. The molecular formula is C11H16FNO. The van der Waals surface area contributed by atoms with Crippen molar-refractivity contribution in [1.29, 1.82) is 0 Å². The van der Waals surface area contributed by atoms with Crippen LogP contribution in [0.4, 0.5) is 4.39 Å². The first kappa shape index (κ1) is 11.1. The maximum atomic E-state index is 12.7. The molecule has 0 bridgehead atoms. The highest BCUT2D eigenvalue weighted by Crippen LogP contribution is 2.25. The lowest BCUT2D eigenvalue weighted by Gasteiger charge is -2.30. The minimum Gasteiger partial charge on any atom is -0.395 e. The molecule has 0 aromatic heterocycles. The van der Waals surface area contributed by atoms with Gasteiger partial charge in [0.2, 0.25) is 0 Å². The number of aliphatic hydroxyl groups excluding tert-OH is 1. The minimum atomic E-state index is -0.345. The lowest BCUT2D eigenvalue weighted by Crippen LogP contribution is -2.43. The van der Waals surface area contributed by atoms with Gasteiger partial charge in [-0.25, -0.2) is 4.39 Å². The second kappa shape index (κ2) is 4.07. The van der Waals surface area contributed by atoms with Crippen molar-refractivity contribution in [1.82, 2.24) is 0 Å². The van der Waals surface area contributed by atoms with Crippen LogP contribution in [0.3, 0.4) is 0 Å². The van der Waals surface area contributed by atoms with Crippen molar-refractivity contribution in [2.45, 2.75) is 25.3 Å². The van der Waals surface area contributed by atoms with Gasteiger partial charge in [0, 0.05) is 11.5 Å². The summed E-state index contributed by atoms with van der Waals surface area (Å²) in [4.78, 5) is 0. The lowest BCUT2D eigenvalue weighted by atomic mass is 9.78. The van der Waals surface area contributed by atoms with E-state index in [1.165, 1.54) is 12.1 Å². The summed E-state index contributed by atoms with van der Waals surface area (Å²) in [6.07, 6.45) is 0. The summed E-state index contributed by atoms with van der Waals surface area (Å²) >= 11 is 0. The topological polar surface area (TPSA) is 46.2 Å². The standard InChI is InChI=1S/C11H16FNO/c1-11(2,10(13)7-14)8-3-5-9(12)6-4-8/h3-6,10,14H,7,13H2,1-2H3. The van der Waals surface area contributed by atoms with Crippen LogP contribution in [-0.2, 0) is 5.41 Å². The molecule has 0 aliphatic carbocycles.